The summed E-state index contributed by atoms with van der Waals surface area (Å²) in [7, 11) is 0. The lowest BCUT2D eigenvalue weighted by atomic mass is 10.2. The van der Waals surface area contributed by atoms with Crippen LogP contribution < -0.4 is 14.8 Å². The van der Waals surface area contributed by atoms with Crippen molar-refractivity contribution in [3.05, 3.63) is 85.0 Å². The van der Waals surface area contributed by atoms with Gasteiger partial charge in [0.1, 0.15) is 24.7 Å². The Morgan fingerprint density at radius 2 is 1.00 bits per heavy atom. The van der Waals surface area contributed by atoms with Crippen molar-refractivity contribution < 1.29 is 18.9 Å². The van der Waals surface area contributed by atoms with Crippen molar-refractivity contribution in [2.24, 2.45) is 0 Å². The Kier molecular flexibility index (Phi) is 14.5. The van der Waals surface area contributed by atoms with Crippen LogP contribution in [-0.4, -0.2) is 39.6 Å². The molecule has 0 aromatic heterocycles. The normalized spacial score (nSPS) is 10.7. The molecule has 5 nitrogen and oxygen atoms in total. The maximum Gasteiger partial charge on any atom is 0.119 e. The van der Waals surface area contributed by atoms with Gasteiger partial charge in [-0.1, -0.05) is 36.4 Å². The zero-order valence-corrected chi connectivity index (χ0v) is 19.8. The van der Waals surface area contributed by atoms with Gasteiger partial charge >= 0.3 is 0 Å². The zero-order valence-electron chi connectivity index (χ0n) is 19.8. The van der Waals surface area contributed by atoms with Crippen LogP contribution in [0.5, 0.6) is 11.5 Å². The van der Waals surface area contributed by atoms with Crippen molar-refractivity contribution in [2.75, 3.05) is 39.6 Å². The molecule has 180 valence electrons. The van der Waals surface area contributed by atoms with Crippen LogP contribution in [0.2, 0.25) is 0 Å². The van der Waals surface area contributed by atoms with E-state index in [9.17, 15) is 0 Å². The van der Waals surface area contributed by atoms with Crippen LogP contribution >= 0.6 is 0 Å². The highest BCUT2D eigenvalue weighted by molar-refractivity contribution is 5.28. The summed E-state index contributed by atoms with van der Waals surface area (Å²) < 4.78 is 22.5. The van der Waals surface area contributed by atoms with E-state index >= 15 is 0 Å². The van der Waals surface area contributed by atoms with Crippen LogP contribution in [0.4, 0.5) is 0 Å². The molecule has 2 aromatic carbocycles. The van der Waals surface area contributed by atoms with Crippen molar-refractivity contribution in [2.45, 2.75) is 38.8 Å². The van der Waals surface area contributed by atoms with Crippen LogP contribution in [0, 0.1) is 0 Å². The minimum absolute atomic E-state index is 0.564. The average Bonchev–Trinajstić information content (AvgIpc) is 2.85. The molecule has 1 N–H and O–H groups in total. The topological polar surface area (TPSA) is 49.0 Å². The molecule has 0 amide bonds. The highest BCUT2D eigenvalue weighted by Gasteiger charge is 1.99. The summed E-state index contributed by atoms with van der Waals surface area (Å²) >= 11 is 0. The van der Waals surface area contributed by atoms with Gasteiger partial charge in [-0.15, -0.1) is 13.2 Å². The van der Waals surface area contributed by atoms with Gasteiger partial charge in [0.05, 0.1) is 13.2 Å². The van der Waals surface area contributed by atoms with Crippen molar-refractivity contribution in [1.82, 2.24) is 5.32 Å². The minimum atomic E-state index is 0.564. The Bertz CT molecular complexity index is 693. The molecular weight excluding hydrogens is 414 g/mol. The highest BCUT2D eigenvalue weighted by Crippen LogP contribution is 2.14. The average molecular weight is 454 g/mol. The molecule has 2 aromatic rings. The van der Waals surface area contributed by atoms with Crippen LogP contribution in [0.3, 0.4) is 0 Å². The van der Waals surface area contributed by atoms with Crippen LogP contribution in [0.15, 0.2) is 73.8 Å². The predicted octanol–water partition coefficient (Wildman–Crippen LogP) is 5.70. The lowest BCUT2D eigenvalue weighted by molar-refractivity contribution is 0.0988. The molecule has 2 rings (SSSR count). The van der Waals surface area contributed by atoms with E-state index in [2.05, 4.69) is 42.7 Å². The van der Waals surface area contributed by atoms with E-state index in [0.717, 1.165) is 63.5 Å². The number of rotatable bonds is 20. The SMILES string of the molecule is C=CCCCOCCOc1ccc(CNCc2ccc(OCCOCCCC=C)cc2)cc1. The third-order valence-corrected chi connectivity index (χ3v) is 4.89. The summed E-state index contributed by atoms with van der Waals surface area (Å²) in [5.74, 6) is 1.73. The summed E-state index contributed by atoms with van der Waals surface area (Å²) in [5, 5.41) is 3.47. The second-order valence-corrected chi connectivity index (χ2v) is 7.67. The number of benzene rings is 2. The second kappa shape index (κ2) is 17.9. The van der Waals surface area contributed by atoms with E-state index in [4.69, 9.17) is 18.9 Å². The molecule has 0 fully saturated rings. The van der Waals surface area contributed by atoms with E-state index < -0.39 is 0 Å². The molecule has 5 heteroatoms. The van der Waals surface area contributed by atoms with Gasteiger partial charge in [0.2, 0.25) is 0 Å². The largest absolute Gasteiger partial charge is 0.491 e. The van der Waals surface area contributed by atoms with E-state index in [1.807, 2.05) is 36.4 Å². The molecule has 0 saturated carbocycles. The van der Waals surface area contributed by atoms with Crippen LogP contribution in [0.1, 0.15) is 36.8 Å². The molecule has 0 unspecified atom stereocenters. The van der Waals surface area contributed by atoms with Gasteiger partial charge in [0.25, 0.3) is 0 Å². The maximum atomic E-state index is 5.72. The molecule has 0 spiro atoms. The first-order chi connectivity index (χ1) is 16.3. The van der Waals surface area contributed by atoms with E-state index in [1.54, 1.807) is 0 Å². The zero-order chi connectivity index (χ0) is 23.4. The molecule has 0 radical (unpaired) electrons. The molecule has 0 saturated heterocycles. The number of hydrogen-bond donors (Lipinski definition) is 1. The lowest BCUT2D eigenvalue weighted by Gasteiger charge is -2.10. The standard InChI is InChI=1S/C28H39NO4/c1-3-5-7-17-30-19-21-32-27-13-9-25(10-14-27)23-29-24-26-11-15-28(16-12-26)33-22-20-31-18-8-6-4-2/h3-4,9-16,29H,1-2,5-8,17-24H2. The molecule has 0 heterocycles. The fourth-order valence-corrected chi connectivity index (χ4v) is 3.06. The third kappa shape index (κ3) is 12.9. The van der Waals surface area contributed by atoms with Crippen molar-refractivity contribution in [3.63, 3.8) is 0 Å². The predicted molar refractivity (Wildman–Crippen MR) is 135 cm³/mol. The summed E-state index contributed by atoms with van der Waals surface area (Å²) in [6.45, 7) is 12.8. The maximum absolute atomic E-state index is 5.72. The minimum Gasteiger partial charge on any atom is -0.491 e. The second-order valence-electron chi connectivity index (χ2n) is 7.67. The Hall–Kier alpha value is -2.60. The van der Waals surface area contributed by atoms with Gasteiger partial charge in [0, 0.05) is 26.3 Å². The molecule has 0 aliphatic carbocycles. The van der Waals surface area contributed by atoms with Gasteiger partial charge in [-0.3, -0.25) is 0 Å². The summed E-state index contributed by atoms with van der Waals surface area (Å²) in [4.78, 5) is 0. The monoisotopic (exact) mass is 453 g/mol. The van der Waals surface area contributed by atoms with Gasteiger partial charge < -0.3 is 24.3 Å². The molecule has 0 aliphatic rings. The molecule has 33 heavy (non-hydrogen) atoms. The molecule has 0 atom stereocenters. The number of unbranched alkanes of at least 4 members (excludes halogenated alkanes) is 2. The molecule has 0 bridgehead atoms. The van der Waals surface area contributed by atoms with E-state index in [-0.39, 0.29) is 0 Å². The number of allylic oxidation sites excluding steroid dienone is 2. The first-order valence-electron chi connectivity index (χ1n) is 11.8. The Balaban J connectivity index is 1.55. The fraction of sp³-hybridized carbons (Fsp3) is 0.429. The van der Waals surface area contributed by atoms with Gasteiger partial charge in [-0.25, -0.2) is 0 Å². The van der Waals surface area contributed by atoms with Gasteiger partial charge in [-0.05, 0) is 61.1 Å². The summed E-state index contributed by atoms with van der Waals surface area (Å²) in [6, 6.07) is 16.4. The Morgan fingerprint density at radius 3 is 1.39 bits per heavy atom. The van der Waals surface area contributed by atoms with Crippen molar-refractivity contribution >= 4 is 0 Å². The Morgan fingerprint density at radius 1 is 0.576 bits per heavy atom. The number of hydrogen-bond acceptors (Lipinski definition) is 5. The van der Waals surface area contributed by atoms with Gasteiger partial charge in [-0.2, -0.15) is 0 Å². The van der Waals surface area contributed by atoms with E-state index in [0.29, 0.717) is 26.4 Å². The van der Waals surface area contributed by atoms with Crippen LogP contribution in [-0.2, 0) is 22.6 Å². The van der Waals surface area contributed by atoms with Crippen LogP contribution in [0.25, 0.3) is 0 Å². The highest BCUT2D eigenvalue weighted by atomic mass is 16.5. The number of nitrogens with one attached hydrogen (secondary N) is 1. The number of ether oxygens (including phenoxy) is 4. The van der Waals surface area contributed by atoms with Crippen molar-refractivity contribution in [3.8, 4) is 11.5 Å². The van der Waals surface area contributed by atoms with Crippen molar-refractivity contribution in [1.29, 1.82) is 0 Å². The Labute approximate surface area is 199 Å². The molecular formula is C28H39NO4. The first kappa shape index (κ1) is 26.7. The lowest BCUT2D eigenvalue weighted by Crippen LogP contribution is -2.13. The smallest absolute Gasteiger partial charge is 0.119 e. The fourth-order valence-electron chi connectivity index (χ4n) is 3.06. The van der Waals surface area contributed by atoms with E-state index in [1.165, 1.54) is 11.1 Å². The third-order valence-electron chi connectivity index (χ3n) is 4.89. The quantitative estimate of drug-likeness (QED) is 0.206. The first-order valence-corrected chi connectivity index (χ1v) is 11.8. The summed E-state index contributed by atoms with van der Waals surface area (Å²) in [5.41, 5.74) is 2.44. The van der Waals surface area contributed by atoms with Gasteiger partial charge in [0.15, 0.2) is 0 Å². The summed E-state index contributed by atoms with van der Waals surface area (Å²) in [6.07, 6.45) is 7.82. The molecule has 0 aliphatic heterocycles.